The molecular formula is C18H13ClN2O2. The summed E-state index contributed by atoms with van der Waals surface area (Å²) in [5.41, 5.74) is 2.57. The topological polar surface area (TPSA) is 66.1 Å². The maximum absolute atomic E-state index is 9.55. The molecule has 0 aliphatic carbocycles. The molecule has 0 radical (unpaired) electrons. The van der Waals surface area contributed by atoms with Crippen LogP contribution in [-0.2, 0) is 13.2 Å². The number of hydrogen-bond acceptors (Lipinski definition) is 4. The lowest BCUT2D eigenvalue weighted by molar-refractivity contribution is 0.259. The third-order valence-electron chi connectivity index (χ3n) is 3.51. The molecule has 1 N–H and O–H groups in total. The Morgan fingerprint density at radius 1 is 1.22 bits per heavy atom. The number of pyridine rings is 1. The maximum atomic E-state index is 9.55. The van der Waals surface area contributed by atoms with Gasteiger partial charge in [-0.25, -0.2) is 0 Å². The molecule has 3 rings (SSSR count). The quantitative estimate of drug-likeness (QED) is 0.792. The monoisotopic (exact) mass is 324 g/mol. The highest BCUT2D eigenvalue weighted by Gasteiger charge is 2.12. The van der Waals surface area contributed by atoms with Gasteiger partial charge in [0.2, 0.25) is 0 Å². The minimum Gasteiger partial charge on any atom is -0.489 e. The van der Waals surface area contributed by atoms with Crippen molar-refractivity contribution in [3.05, 3.63) is 70.4 Å². The molecule has 0 fully saturated rings. The van der Waals surface area contributed by atoms with Gasteiger partial charge >= 0.3 is 0 Å². The van der Waals surface area contributed by atoms with Crippen molar-refractivity contribution in [3.8, 4) is 11.8 Å². The van der Waals surface area contributed by atoms with E-state index in [1.807, 2.05) is 36.4 Å². The van der Waals surface area contributed by atoms with Crippen molar-refractivity contribution in [2.45, 2.75) is 13.2 Å². The largest absolute Gasteiger partial charge is 0.489 e. The summed E-state index contributed by atoms with van der Waals surface area (Å²) >= 11 is 6.25. The van der Waals surface area contributed by atoms with Crippen molar-refractivity contribution in [2.24, 2.45) is 0 Å². The van der Waals surface area contributed by atoms with Gasteiger partial charge in [-0.1, -0.05) is 41.9 Å². The van der Waals surface area contributed by atoms with E-state index in [0.717, 1.165) is 5.56 Å². The standard InChI is InChI=1S/C18H13ClN2O2/c19-18-14(8-20)9-21-16-6-13(10-22)17(7-15(16)18)23-11-12-4-2-1-3-5-12/h1-7,9,22H,10-11H2. The van der Waals surface area contributed by atoms with Crippen molar-refractivity contribution in [1.29, 1.82) is 5.26 Å². The molecule has 0 aliphatic heterocycles. The van der Waals surface area contributed by atoms with Gasteiger partial charge in [-0.2, -0.15) is 5.26 Å². The van der Waals surface area contributed by atoms with Crippen LogP contribution in [0.15, 0.2) is 48.7 Å². The zero-order valence-corrected chi connectivity index (χ0v) is 12.9. The number of aromatic nitrogens is 1. The van der Waals surface area contributed by atoms with E-state index in [-0.39, 0.29) is 6.61 Å². The van der Waals surface area contributed by atoms with Crippen LogP contribution in [0, 0.1) is 11.3 Å². The number of halogens is 1. The molecule has 0 saturated heterocycles. The first-order chi connectivity index (χ1) is 11.2. The third-order valence-corrected chi connectivity index (χ3v) is 3.92. The second kappa shape index (κ2) is 6.66. The number of nitrogens with zero attached hydrogens (tertiary/aromatic N) is 2. The molecule has 0 unspecified atom stereocenters. The van der Waals surface area contributed by atoms with Gasteiger partial charge in [-0.05, 0) is 17.7 Å². The highest BCUT2D eigenvalue weighted by molar-refractivity contribution is 6.36. The number of ether oxygens (including phenoxy) is 1. The molecular weight excluding hydrogens is 312 g/mol. The summed E-state index contributed by atoms with van der Waals surface area (Å²) in [6.45, 7) is 0.210. The molecule has 23 heavy (non-hydrogen) atoms. The first-order valence-electron chi connectivity index (χ1n) is 7.01. The van der Waals surface area contributed by atoms with Gasteiger partial charge < -0.3 is 9.84 Å². The van der Waals surface area contributed by atoms with E-state index in [2.05, 4.69) is 4.98 Å². The highest BCUT2D eigenvalue weighted by Crippen LogP contribution is 2.32. The number of aliphatic hydroxyl groups is 1. The molecule has 0 atom stereocenters. The van der Waals surface area contributed by atoms with Crippen LogP contribution in [0.2, 0.25) is 5.02 Å². The van der Waals surface area contributed by atoms with Crippen LogP contribution in [0.3, 0.4) is 0 Å². The molecule has 114 valence electrons. The van der Waals surface area contributed by atoms with Gasteiger partial charge in [-0.15, -0.1) is 0 Å². The molecule has 3 aromatic rings. The van der Waals surface area contributed by atoms with E-state index in [0.29, 0.717) is 39.4 Å². The lowest BCUT2D eigenvalue weighted by atomic mass is 10.1. The van der Waals surface area contributed by atoms with Gasteiger partial charge in [0, 0.05) is 17.1 Å². The van der Waals surface area contributed by atoms with Crippen molar-refractivity contribution in [3.63, 3.8) is 0 Å². The fraction of sp³-hybridized carbons (Fsp3) is 0.111. The molecule has 1 heterocycles. The van der Waals surface area contributed by atoms with Crippen molar-refractivity contribution in [2.75, 3.05) is 0 Å². The van der Waals surface area contributed by atoms with Crippen LogP contribution in [-0.4, -0.2) is 10.1 Å². The van der Waals surface area contributed by atoms with Crippen LogP contribution in [0.5, 0.6) is 5.75 Å². The summed E-state index contributed by atoms with van der Waals surface area (Å²) in [5, 5.41) is 19.6. The number of fused-ring (bicyclic) bond motifs is 1. The van der Waals surface area contributed by atoms with Crippen molar-refractivity contribution >= 4 is 22.5 Å². The Morgan fingerprint density at radius 2 is 2.00 bits per heavy atom. The summed E-state index contributed by atoms with van der Waals surface area (Å²) in [6.07, 6.45) is 1.43. The minimum absolute atomic E-state index is 0.167. The first kappa shape index (κ1) is 15.3. The van der Waals surface area contributed by atoms with E-state index in [4.69, 9.17) is 21.6 Å². The summed E-state index contributed by atoms with van der Waals surface area (Å²) < 4.78 is 5.82. The van der Waals surface area contributed by atoms with Crippen molar-refractivity contribution < 1.29 is 9.84 Å². The van der Waals surface area contributed by atoms with E-state index in [9.17, 15) is 5.11 Å². The SMILES string of the molecule is N#Cc1cnc2cc(CO)c(OCc3ccccc3)cc2c1Cl. The summed E-state index contributed by atoms with van der Waals surface area (Å²) in [4.78, 5) is 4.21. The molecule has 1 aromatic heterocycles. The molecule has 4 nitrogen and oxygen atoms in total. The third kappa shape index (κ3) is 3.11. The van der Waals surface area contributed by atoms with Crippen LogP contribution in [0.1, 0.15) is 16.7 Å². The Morgan fingerprint density at radius 3 is 2.70 bits per heavy atom. The molecule has 0 aliphatic rings. The number of nitriles is 1. The molecule has 0 saturated carbocycles. The van der Waals surface area contributed by atoms with Gasteiger partial charge in [0.25, 0.3) is 0 Å². The molecule has 0 spiro atoms. The van der Waals surface area contributed by atoms with Crippen LogP contribution < -0.4 is 4.74 Å². The fourth-order valence-electron chi connectivity index (χ4n) is 2.30. The average Bonchev–Trinajstić information content (AvgIpc) is 2.60. The second-order valence-electron chi connectivity index (χ2n) is 5.01. The lowest BCUT2D eigenvalue weighted by Crippen LogP contribution is -1.99. The normalized spacial score (nSPS) is 10.5. The van der Waals surface area contributed by atoms with Crippen LogP contribution >= 0.6 is 11.6 Å². The van der Waals surface area contributed by atoms with Crippen LogP contribution in [0.25, 0.3) is 10.9 Å². The predicted molar refractivity (Wildman–Crippen MR) is 88.2 cm³/mol. The number of benzene rings is 2. The fourth-order valence-corrected chi connectivity index (χ4v) is 2.54. The lowest BCUT2D eigenvalue weighted by Gasteiger charge is -2.12. The molecule has 5 heteroatoms. The van der Waals surface area contributed by atoms with E-state index in [1.54, 1.807) is 12.1 Å². The Bertz CT molecular complexity index is 889. The zero-order chi connectivity index (χ0) is 16.2. The average molecular weight is 325 g/mol. The molecule has 2 aromatic carbocycles. The Balaban J connectivity index is 2.01. The van der Waals surface area contributed by atoms with Crippen molar-refractivity contribution in [1.82, 2.24) is 4.98 Å². The van der Waals surface area contributed by atoms with Gasteiger partial charge in [0.05, 0.1) is 22.7 Å². The molecule has 0 bridgehead atoms. The summed E-state index contributed by atoms with van der Waals surface area (Å²) in [7, 11) is 0. The number of aliphatic hydroxyl groups excluding tert-OH is 1. The van der Waals surface area contributed by atoms with Gasteiger partial charge in [0.15, 0.2) is 0 Å². The second-order valence-corrected chi connectivity index (χ2v) is 5.39. The van der Waals surface area contributed by atoms with Gasteiger partial charge in [0.1, 0.15) is 18.4 Å². The number of hydrogen-bond donors (Lipinski definition) is 1. The van der Waals surface area contributed by atoms with E-state index >= 15 is 0 Å². The Hall–Kier alpha value is -2.61. The number of rotatable bonds is 4. The smallest absolute Gasteiger partial charge is 0.126 e. The Labute approximate surface area is 138 Å². The summed E-state index contributed by atoms with van der Waals surface area (Å²) in [6, 6.07) is 15.2. The zero-order valence-electron chi connectivity index (χ0n) is 12.2. The minimum atomic E-state index is -0.167. The molecule has 0 amide bonds. The first-order valence-corrected chi connectivity index (χ1v) is 7.39. The van der Waals surface area contributed by atoms with E-state index < -0.39 is 0 Å². The maximum Gasteiger partial charge on any atom is 0.126 e. The highest BCUT2D eigenvalue weighted by atomic mass is 35.5. The summed E-state index contributed by atoms with van der Waals surface area (Å²) in [5.74, 6) is 0.530. The predicted octanol–water partition coefficient (Wildman–Crippen LogP) is 3.83. The van der Waals surface area contributed by atoms with Gasteiger partial charge in [-0.3, -0.25) is 4.98 Å². The van der Waals surface area contributed by atoms with E-state index in [1.165, 1.54) is 6.20 Å². The van der Waals surface area contributed by atoms with Crippen LogP contribution in [0.4, 0.5) is 0 Å². The Kier molecular flexibility index (Phi) is 4.42.